The number of ether oxygens (including phenoxy) is 1. The second-order valence-corrected chi connectivity index (χ2v) is 8.08. The summed E-state index contributed by atoms with van der Waals surface area (Å²) in [7, 11) is 4.08. The normalized spacial score (nSPS) is 11.8. The zero-order valence-electron chi connectivity index (χ0n) is 16.4. The van der Waals surface area contributed by atoms with Gasteiger partial charge in [0.1, 0.15) is 5.60 Å². The van der Waals surface area contributed by atoms with Gasteiger partial charge in [-0.2, -0.15) is 0 Å². The van der Waals surface area contributed by atoms with Crippen molar-refractivity contribution in [1.82, 2.24) is 5.32 Å². The summed E-state index contributed by atoms with van der Waals surface area (Å²) in [4.78, 5) is 14.0. The Morgan fingerprint density at radius 2 is 1.79 bits per heavy atom. The molecule has 0 saturated carbocycles. The Balaban J connectivity index is 2.54. The molecule has 5 nitrogen and oxygen atoms in total. The number of amides is 1. The second kappa shape index (κ2) is 7.77. The van der Waals surface area contributed by atoms with Gasteiger partial charge in [0.05, 0.1) is 0 Å². The largest absolute Gasteiger partial charge is 0.444 e. The van der Waals surface area contributed by atoms with Crippen molar-refractivity contribution in [2.45, 2.75) is 59.1 Å². The number of alkyl carbamates (subject to hydrolysis) is 1. The molecule has 0 aliphatic rings. The topological polar surface area (TPSA) is 53.6 Å². The average Bonchev–Trinajstić information content (AvgIpc) is 2.37. The Morgan fingerprint density at radius 3 is 2.33 bits per heavy atom. The van der Waals surface area contributed by atoms with Crippen LogP contribution < -0.4 is 15.5 Å². The lowest BCUT2D eigenvalue weighted by molar-refractivity contribution is 0.0470. The molecule has 2 N–H and O–H groups in total. The van der Waals surface area contributed by atoms with E-state index in [1.54, 1.807) is 0 Å². The summed E-state index contributed by atoms with van der Waals surface area (Å²) in [5, 5.41) is 6.35. The summed E-state index contributed by atoms with van der Waals surface area (Å²) in [6.45, 7) is 12.5. The number of nitrogens with zero attached hydrogens (tertiary/aromatic N) is 1. The minimum atomic E-state index is -0.483. The molecule has 0 bridgehead atoms. The summed E-state index contributed by atoms with van der Waals surface area (Å²) < 4.78 is 5.32. The Morgan fingerprint density at radius 1 is 1.17 bits per heavy atom. The second-order valence-electron chi connectivity index (χ2n) is 8.08. The van der Waals surface area contributed by atoms with E-state index in [0.29, 0.717) is 0 Å². The number of rotatable bonds is 6. The van der Waals surface area contributed by atoms with Gasteiger partial charge in [0, 0.05) is 37.6 Å². The van der Waals surface area contributed by atoms with Crippen LogP contribution in [0.5, 0.6) is 0 Å². The first kappa shape index (κ1) is 20.1. The van der Waals surface area contributed by atoms with E-state index in [1.165, 1.54) is 11.3 Å². The molecule has 0 saturated heterocycles. The van der Waals surface area contributed by atoms with Gasteiger partial charge in [-0.05, 0) is 65.7 Å². The lowest BCUT2D eigenvalue weighted by atomic mass is 10.0. The van der Waals surface area contributed by atoms with Gasteiger partial charge in [-0.25, -0.2) is 4.79 Å². The number of hydrogen-bond acceptors (Lipinski definition) is 4. The number of aryl methyl sites for hydroxylation is 1. The van der Waals surface area contributed by atoms with E-state index < -0.39 is 5.60 Å². The van der Waals surface area contributed by atoms with Gasteiger partial charge in [0.25, 0.3) is 0 Å². The molecule has 0 atom stereocenters. The smallest absolute Gasteiger partial charge is 0.408 e. The van der Waals surface area contributed by atoms with Crippen molar-refractivity contribution < 1.29 is 9.53 Å². The molecule has 1 aromatic carbocycles. The highest BCUT2D eigenvalue weighted by Gasteiger charge is 2.24. The van der Waals surface area contributed by atoms with Crippen LogP contribution in [0.1, 0.15) is 46.6 Å². The lowest BCUT2D eigenvalue weighted by Gasteiger charge is -2.29. The Bertz CT molecular complexity index is 560. The summed E-state index contributed by atoms with van der Waals surface area (Å²) in [6, 6.07) is 6.34. The molecule has 0 aromatic heterocycles. The van der Waals surface area contributed by atoms with Gasteiger partial charge < -0.3 is 20.3 Å². The van der Waals surface area contributed by atoms with E-state index in [-0.39, 0.29) is 11.6 Å². The number of benzene rings is 1. The van der Waals surface area contributed by atoms with Crippen LogP contribution in [0.2, 0.25) is 0 Å². The number of carbonyl (C=O) groups is 1. The molecule has 1 aromatic rings. The molecule has 0 spiro atoms. The van der Waals surface area contributed by atoms with E-state index in [0.717, 1.165) is 18.7 Å². The third kappa shape index (κ3) is 7.11. The van der Waals surface area contributed by atoms with Gasteiger partial charge in [0.15, 0.2) is 0 Å². The molecular formula is C19H33N3O2. The summed E-state index contributed by atoms with van der Waals surface area (Å²) in [5.41, 5.74) is 2.70. The maximum Gasteiger partial charge on any atom is 0.408 e. The minimum absolute atomic E-state index is 0.343. The fourth-order valence-corrected chi connectivity index (χ4v) is 2.36. The molecule has 1 rings (SSSR count). The van der Waals surface area contributed by atoms with Crippen molar-refractivity contribution in [1.29, 1.82) is 0 Å². The van der Waals surface area contributed by atoms with Crippen LogP contribution in [0.4, 0.5) is 16.2 Å². The van der Waals surface area contributed by atoms with Gasteiger partial charge in [-0.3, -0.25) is 0 Å². The van der Waals surface area contributed by atoms with Crippen molar-refractivity contribution in [2.75, 3.05) is 30.9 Å². The van der Waals surface area contributed by atoms with Gasteiger partial charge in [-0.1, -0.05) is 6.07 Å². The van der Waals surface area contributed by atoms with E-state index >= 15 is 0 Å². The molecule has 0 aliphatic heterocycles. The number of hydrogen-bond donors (Lipinski definition) is 2. The van der Waals surface area contributed by atoms with E-state index in [1.807, 2.05) is 48.7 Å². The van der Waals surface area contributed by atoms with E-state index in [9.17, 15) is 4.79 Å². The third-order valence-corrected chi connectivity index (χ3v) is 3.61. The van der Waals surface area contributed by atoms with E-state index in [2.05, 4.69) is 40.7 Å². The molecule has 0 aliphatic carbocycles. The fourth-order valence-electron chi connectivity index (χ4n) is 2.36. The number of nitrogens with one attached hydrogen (secondary N) is 2. The zero-order chi connectivity index (χ0) is 18.5. The molecule has 0 fully saturated rings. The zero-order valence-corrected chi connectivity index (χ0v) is 16.4. The maximum absolute atomic E-state index is 11.9. The number of carbonyl (C=O) groups excluding carboxylic acids is 1. The van der Waals surface area contributed by atoms with Crippen LogP contribution in [0.3, 0.4) is 0 Å². The summed E-state index contributed by atoms with van der Waals surface area (Å²) in [5.74, 6) is 0. The van der Waals surface area contributed by atoms with Crippen molar-refractivity contribution in [3.05, 3.63) is 23.8 Å². The molecule has 0 heterocycles. The minimum Gasteiger partial charge on any atom is -0.444 e. The SMILES string of the molecule is Cc1ccc(NCCC(C)(C)NC(=O)OC(C)(C)C)cc1N(C)C. The molecule has 5 heteroatoms. The summed E-state index contributed by atoms with van der Waals surface area (Å²) in [6.07, 6.45) is 0.412. The molecular weight excluding hydrogens is 302 g/mol. The fraction of sp³-hybridized carbons (Fsp3) is 0.632. The Kier molecular flexibility index (Phi) is 6.52. The van der Waals surface area contributed by atoms with Crippen LogP contribution in [0.15, 0.2) is 18.2 Å². The predicted octanol–water partition coefficient (Wildman–Crippen LogP) is 4.17. The van der Waals surface area contributed by atoms with Crippen molar-refractivity contribution in [3.63, 3.8) is 0 Å². The van der Waals surface area contributed by atoms with Crippen molar-refractivity contribution in [3.8, 4) is 0 Å². The van der Waals surface area contributed by atoms with Crippen molar-refractivity contribution in [2.24, 2.45) is 0 Å². The first-order valence-electron chi connectivity index (χ1n) is 8.43. The van der Waals surface area contributed by atoms with E-state index in [4.69, 9.17) is 4.74 Å². The van der Waals surface area contributed by atoms with Gasteiger partial charge in [0.2, 0.25) is 0 Å². The third-order valence-electron chi connectivity index (χ3n) is 3.61. The highest BCUT2D eigenvalue weighted by Crippen LogP contribution is 2.23. The first-order valence-corrected chi connectivity index (χ1v) is 8.43. The Labute approximate surface area is 146 Å². The molecule has 1 amide bonds. The standard InChI is InChI=1S/C19H33N3O2/c1-14-9-10-15(13-16(14)22(7)8)20-12-11-19(5,6)21-17(23)24-18(2,3)4/h9-10,13,20H,11-12H2,1-8H3,(H,21,23). The molecule has 0 unspecified atom stereocenters. The van der Waals surface area contributed by atoms with Crippen LogP contribution in [0, 0.1) is 6.92 Å². The first-order chi connectivity index (χ1) is 10.9. The molecule has 24 heavy (non-hydrogen) atoms. The monoisotopic (exact) mass is 335 g/mol. The lowest BCUT2D eigenvalue weighted by Crippen LogP contribution is -2.46. The molecule has 136 valence electrons. The highest BCUT2D eigenvalue weighted by molar-refractivity contribution is 5.68. The number of anilines is 2. The van der Waals surface area contributed by atoms with Crippen molar-refractivity contribution >= 4 is 17.5 Å². The predicted molar refractivity (Wildman–Crippen MR) is 102 cm³/mol. The van der Waals surface area contributed by atoms with Gasteiger partial charge >= 0.3 is 6.09 Å². The quantitative estimate of drug-likeness (QED) is 0.819. The van der Waals surface area contributed by atoms with Crippen LogP contribution >= 0.6 is 0 Å². The van der Waals surface area contributed by atoms with Crippen LogP contribution in [0.25, 0.3) is 0 Å². The highest BCUT2D eigenvalue weighted by atomic mass is 16.6. The molecule has 0 radical (unpaired) electrons. The summed E-state index contributed by atoms with van der Waals surface area (Å²) >= 11 is 0. The maximum atomic E-state index is 11.9. The van der Waals surface area contributed by atoms with Crippen LogP contribution in [-0.2, 0) is 4.74 Å². The average molecular weight is 335 g/mol. The van der Waals surface area contributed by atoms with Gasteiger partial charge in [-0.15, -0.1) is 0 Å². The Hall–Kier alpha value is -1.91. The van der Waals surface area contributed by atoms with Crippen LogP contribution in [-0.4, -0.2) is 37.9 Å².